The molecule has 27 heavy (non-hydrogen) atoms. The lowest BCUT2D eigenvalue weighted by molar-refractivity contribution is -0.141. The molecule has 2 aliphatic rings. The monoisotopic (exact) mass is 389 g/mol. The van der Waals surface area contributed by atoms with Crippen molar-refractivity contribution in [1.29, 1.82) is 0 Å². The number of rotatable bonds is 4. The van der Waals surface area contributed by atoms with Gasteiger partial charge in [0.1, 0.15) is 5.82 Å². The first-order valence-electron chi connectivity index (χ1n) is 9.34. The van der Waals surface area contributed by atoms with Crippen LogP contribution in [0.5, 0.6) is 0 Å². The average molecular weight is 389 g/mol. The van der Waals surface area contributed by atoms with E-state index in [2.05, 4.69) is 4.98 Å². The SMILES string of the molecule is O=C(O)[C@@H]1CCCN(c2ccc3cc(S(=O)(=O)N4CCCC4)ccc3n2)C1. The van der Waals surface area contributed by atoms with Gasteiger partial charge in [0.05, 0.1) is 16.3 Å². The lowest BCUT2D eigenvalue weighted by atomic mass is 9.98. The number of nitrogens with zero attached hydrogens (tertiary/aromatic N) is 3. The predicted molar refractivity (Wildman–Crippen MR) is 102 cm³/mol. The Labute approximate surface area is 158 Å². The molecule has 1 atom stereocenters. The van der Waals surface area contributed by atoms with Crippen LogP contribution in [0.4, 0.5) is 5.82 Å². The number of hydrogen-bond acceptors (Lipinski definition) is 5. The molecule has 7 nitrogen and oxygen atoms in total. The van der Waals surface area contributed by atoms with Crippen LogP contribution >= 0.6 is 0 Å². The zero-order chi connectivity index (χ0) is 19.0. The van der Waals surface area contributed by atoms with Gasteiger partial charge in [-0.3, -0.25) is 4.79 Å². The molecule has 2 aliphatic heterocycles. The molecule has 0 amide bonds. The van der Waals surface area contributed by atoms with E-state index < -0.39 is 16.0 Å². The molecule has 4 rings (SSSR count). The van der Waals surface area contributed by atoms with Crippen molar-refractivity contribution in [1.82, 2.24) is 9.29 Å². The molecule has 2 aromatic rings. The maximum atomic E-state index is 12.7. The molecule has 0 aliphatic carbocycles. The molecular formula is C19H23N3O4S. The first-order valence-corrected chi connectivity index (χ1v) is 10.8. The minimum absolute atomic E-state index is 0.301. The highest BCUT2D eigenvalue weighted by atomic mass is 32.2. The zero-order valence-corrected chi connectivity index (χ0v) is 15.9. The van der Waals surface area contributed by atoms with Crippen LogP contribution in [0.1, 0.15) is 25.7 Å². The Morgan fingerprint density at radius 3 is 2.59 bits per heavy atom. The zero-order valence-electron chi connectivity index (χ0n) is 15.0. The van der Waals surface area contributed by atoms with E-state index in [1.807, 2.05) is 17.0 Å². The molecule has 2 fully saturated rings. The van der Waals surface area contributed by atoms with E-state index in [0.29, 0.717) is 36.5 Å². The van der Waals surface area contributed by atoms with Crippen LogP contribution in [0.2, 0.25) is 0 Å². The third kappa shape index (κ3) is 3.51. The van der Waals surface area contributed by atoms with E-state index in [9.17, 15) is 18.3 Å². The van der Waals surface area contributed by atoms with Crippen LogP contribution in [0.15, 0.2) is 35.2 Å². The Kier molecular flexibility index (Phi) is 4.77. The summed E-state index contributed by atoms with van der Waals surface area (Å²) in [5.41, 5.74) is 0.713. The summed E-state index contributed by atoms with van der Waals surface area (Å²) in [6.07, 6.45) is 3.33. The number of carbonyl (C=O) groups is 1. The van der Waals surface area contributed by atoms with Gasteiger partial charge in [-0.05, 0) is 56.0 Å². The number of sulfonamides is 1. The second kappa shape index (κ2) is 7.09. The van der Waals surface area contributed by atoms with Crippen molar-refractivity contribution >= 4 is 32.7 Å². The van der Waals surface area contributed by atoms with Gasteiger partial charge in [0.15, 0.2) is 0 Å². The first kappa shape index (κ1) is 18.2. The molecule has 1 aromatic heterocycles. The summed E-state index contributed by atoms with van der Waals surface area (Å²) in [7, 11) is -3.45. The van der Waals surface area contributed by atoms with Crippen LogP contribution in [0, 0.1) is 5.92 Å². The molecule has 0 unspecified atom stereocenters. The number of aromatic nitrogens is 1. The third-order valence-electron chi connectivity index (χ3n) is 5.44. The predicted octanol–water partition coefficient (Wildman–Crippen LogP) is 2.32. The minimum Gasteiger partial charge on any atom is -0.481 e. The van der Waals surface area contributed by atoms with Gasteiger partial charge >= 0.3 is 5.97 Å². The molecule has 3 heterocycles. The van der Waals surface area contributed by atoms with Crippen LogP contribution in [-0.2, 0) is 14.8 Å². The largest absolute Gasteiger partial charge is 0.481 e. The number of aliphatic carboxylic acids is 1. The number of carboxylic acids is 1. The highest BCUT2D eigenvalue weighted by Crippen LogP contribution is 2.27. The van der Waals surface area contributed by atoms with Gasteiger partial charge in [-0.1, -0.05) is 0 Å². The second-order valence-corrected chi connectivity index (χ2v) is 9.20. The van der Waals surface area contributed by atoms with Crippen LogP contribution < -0.4 is 4.90 Å². The Morgan fingerprint density at radius 2 is 1.85 bits per heavy atom. The minimum atomic E-state index is -3.45. The van der Waals surface area contributed by atoms with Crippen LogP contribution in [0.25, 0.3) is 10.9 Å². The number of fused-ring (bicyclic) bond motifs is 1. The van der Waals surface area contributed by atoms with Gasteiger partial charge in [0, 0.05) is 31.6 Å². The van der Waals surface area contributed by atoms with Crippen molar-refractivity contribution < 1.29 is 18.3 Å². The fraction of sp³-hybridized carbons (Fsp3) is 0.474. The molecule has 0 bridgehead atoms. The van der Waals surface area contributed by atoms with E-state index in [1.54, 1.807) is 18.2 Å². The summed E-state index contributed by atoms with van der Waals surface area (Å²) in [4.78, 5) is 18.2. The number of hydrogen-bond donors (Lipinski definition) is 1. The van der Waals surface area contributed by atoms with Gasteiger partial charge < -0.3 is 10.0 Å². The van der Waals surface area contributed by atoms with Crippen molar-refractivity contribution in [2.24, 2.45) is 5.92 Å². The maximum Gasteiger partial charge on any atom is 0.308 e. The van der Waals surface area contributed by atoms with Crippen molar-refractivity contribution in [2.75, 3.05) is 31.1 Å². The molecule has 0 spiro atoms. The molecule has 0 radical (unpaired) electrons. The molecule has 8 heteroatoms. The standard InChI is InChI=1S/C19H23N3O4S/c23-19(24)15-4-3-9-21(13-15)18-8-5-14-12-16(6-7-17(14)20-18)27(25,26)22-10-1-2-11-22/h5-8,12,15H,1-4,9-11,13H2,(H,23,24)/t15-/m1/s1. The number of benzene rings is 1. The first-order chi connectivity index (χ1) is 12.9. The summed E-state index contributed by atoms with van der Waals surface area (Å²) in [5.74, 6) is -0.398. The number of anilines is 1. The van der Waals surface area contributed by atoms with Crippen molar-refractivity contribution in [3.8, 4) is 0 Å². The molecule has 0 saturated carbocycles. The smallest absolute Gasteiger partial charge is 0.308 e. The second-order valence-electron chi connectivity index (χ2n) is 7.26. The summed E-state index contributed by atoms with van der Waals surface area (Å²) in [5, 5.41) is 10.0. The van der Waals surface area contributed by atoms with Crippen molar-refractivity contribution in [3.63, 3.8) is 0 Å². The average Bonchev–Trinajstić information content (AvgIpc) is 3.23. The fourth-order valence-corrected chi connectivity index (χ4v) is 5.45. The Balaban J connectivity index is 1.62. The van der Waals surface area contributed by atoms with E-state index in [0.717, 1.165) is 37.0 Å². The van der Waals surface area contributed by atoms with Gasteiger partial charge in [-0.25, -0.2) is 13.4 Å². The lowest BCUT2D eigenvalue weighted by Gasteiger charge is -2.31. The number of pyridine rings is 1. The highest BCUT2D eigenvalue weighted by molar-refractivity contribution is 7.89. The number of carboxylic acid groups (broad SMARTS) is 1. The quantitative estimate of drug-likeness (QED) is 0.863. The van der Waals surface area contributed by atoms with Crippen LogP contribution in [0.3, 0.4) is 0 Å². The van der Waals surface area contributed by atoms with Crippen molar-refractivity contribution in [2.45, 2.75) is 30.6 Å². The van der Waals surface area contributed by atoms with Crippen LogP contribution in [-0.4, -0.2) is 55.0 Å². The Morgan fingerprint density at radius 1 is 1.07 bits per heavy atom. The van der Waals surface area contributed by atoms with Crippen molar-refractivity contribution in [3.05, 3.63) is 30.3 Å². The summed E-state index contributed by atoms with van der Waals surface area (Å²) < 4.78 is 27.0. The summed E-state index contributed by atoms with van der Waals surface area (Å²) in [6, 6.07) is 8.74. The summed E-state index contributed by atoms with van der Waals surface area (Å²) >= 11 is 0. The van der Waals surface area contributed by atoms with E-state index in [1.165, 1.54) is 4.31 Å². The normalized spacial score (nSPS) is 21.6. The van der Waals surface area contributed by atoms with E-state index >= 15 is 0 Å². The fourth-order valence-electron chi connectivity index (χ4n) is 3.89. The summed E-state index contributed by atoms with van der Waals surface area (Å²) in [6.45, 7) is 2.40. The maximum absolute atomic E-state index is 12.7. The van der Waals surface area contributed by atoms with Gasteiger partial charge in [-0.15, -0.1) is 0 Å². The molecule has 2 saturated heterocycles. The Hall–Kier alpha value is -2.19. The Bertz CT molecular complexity index is 970. The van der Waals surface area contributed by atoms with E-state index in [-0.39, 0.29) is 5.92 Å². The third-order valence-corrected chi connectivity index (χ3v) is 7.34. The lowest BCUT2D eigenvalue weighted by Crippen LogP contribution is -2.39. The van der Waals surface area contributed by atoms with E-state index in [4.69, 9.17) is 0 Å². The van der Waals surface area contributed by atoms with Gasteiger partial charge in [0.2, 0.25) is 10.0 Å². The molecule has 144 valence electrons. The van der Waals surface area contributed by atoms with Gasteiger partial charge in [-0.2, -0.15) is 4.31 Å². The topological polar surface area (TPSA) is 90.8 Å². The number of piperidine rings is 1. The highest BCUT2D eigenvalue weighted by Gasteiger charge is 2.28. The molecule has 1 N–H and O–H groups in total. The molecular weight excluding hydrogens is 366 g/mol. The van der Waals surface area contributed by atoms with Gasteiger partial charge in [0.25, 0.3) is 0 Å². The molecule has 1 aromatic carbocycles.